The van der Waals surface area contributed by atoms with Crippen LogP contribution in [0.5, 0.6) is 0 Å². The van der Waals surface area contributed by atoms with E-state index in [0.717, 1.165) is 50.8 Å². The van der Waals surface area contributed by atoms with E-state index in [1.54, 1.807) is 0 Å². The van der Waals surface area contributed by atoms with Crippen molar-refractivity contribution in [2.75, 3.05) is 9.80 Å². The molecule has 0 aliphatic heterocycles. The van der Waals surface area contributed by atoms with E-state index < -0.39 is 10.8 Å². The maximum absolute atomic E-state index is 2.50. The molecular weight excluding hydrogens is 1510 g/mol. The third-order valence-electron chi connectivity index (χ3n) is 26.0. The highest BCUT2D eigenvalue weighted by molar-refractivity contribution is 7.26. The minimum absolute atomic E-state index is 0.569. The molecule has 0 radical (unpaired) electrons. The van der Waals surface area contributed by atoms with Crippen LogP contribution in [0.3, 0.4) is 0 Å². The van der Waals surface area contributed by atoms with Crippen LogP contribution in [0.25, 0.3) is 140 Å². The zero-order chi connectivity index (χ0) is 80.4. The van der Waals surface area contributed by atoms with Gasteiger partial charge in [-0.2, -0.15) is 0 Å². The van der Waals surface area contributed by atoms with Crippen LogP contribution in [-0.4, -0.2) is 0 Å². The van der Waals surface area contributed by atoms with Crippen molar-refractivity contribution in [3.05, 3.63) is 506 Å². The van der Waals surface area contributed by atoms with E-state index in [9.17, 15) is 0 Å². The van der Waals surface area contributed by atoms with Crippen molar-refractivity contribution < 1.29 is 0 Å². The Morgan fingerprint density at radius 3 is 1.02 bits per heavy atom. The molecule has 0 amide bonds. The summed E-state index contributed by atoms with van der Waals surface area (Å²) in [5, 5.41) is 10.0. The van der Waals surface area contributed by atoms with Gasteiger partial charge in [0.05, 0.1) is 10.8 Å². The number of benzene rings is 20. The largest absolute Gasteiger partial charge is 0.310 e. The van der Waals surface area contributed by atoms with Crippen LogP contribution in [-0.2, 0) is 10.8 Å². The first-order chi connectivity index (χ1) is 60.5. The summed E-state index contributed by atoms with van der Waals surface area (Å²) in [6, 6.07) is 173. The minimum Gasteiger partial charge on any atom is -0.310 e. The van der Waals surface area contributed by atoms with Gasteiger partial charge in [0.1, 0.15) is 0 Å². The Kier molecular flexibility index (Phi) is 16.8. The van der Waals surface area contributed by atoms with E-state index in [2.05, 4.69) is 471 Å². The first-order valence-corrected chi connectivity index (χ1v) is 43.7. The van der Waals surface area contributed by atoms with E-state index in [-0.39, 0.29) is 0 Å². The van der Waals surface area contributed by atoms with Crippen molar-refractivity contribution in [3.63, 3.8) is 0 Å². The summed E-state index contributed by atoms with van der Waals surface area (Å²) in [7, 11) is 0. The van der Waals surface area contributed by atoms with Gasteiger partial charge in [0, 0.05) is 74.5 Å². The van der Waals surface area contributed by atoms with Gasteiger partial charge in [0.25, 0.3) is 0 Å². The van der Waals surface area contributed by atoms with Crippen molar-refractivity contribution in [2.24, 2.45) is 0 Å². The van der Waals surface area contributed by atoms with Gasteiger partial charge in [-0.25, -0.2) is 0 Å². The normalized spacial score (nSPS) is 13.7. The van der Waals surface area contributed by atoms with Gasteiger partial charge in [0.15, 0.2) is 0 Å². The smallest absolute Gasteiger partial charge is 0.0714 e. The molecule has 1 unspecified atom stereocenters. The molecule has 4 heteroatoms. The summed E-state index contributed by atoms with van der Waals surface area (Å²) >= 11 is 3.75. The van der Waals surface area contributed by atoms with E-state index in [1.807, 2.05) is 22.7 Å². The molecule has 2 nitrogen and oxygen atoms in total. The molecule has 0 saturated carbocycles. The summed E-state index contributed by atoms with van der Waals surface area (Å²) in [6.07, 6.45) is 0. The van der Waals surface area contributed by atoms with Gasteiger partial charge < -0.3 is 9.80 Å². The maximum atomic E-state index is 2.50. The average Bonchev–Trinajstić information content (AvgIpc) is 1.54. The average molecular weight is 1590 g/mol. The van der Waals surface area contributed by atoms with Gasteiger partial charge >= 0.3 is 0 Å². The Morgan fingerprint density at radius 1 is 0.164 bits per heavy atom. The zero-order valence-electron chi connectivity index (χ0n) is 66.6. The molecule has 2 aromatic heterocycles. The van der Waals surface area contributed by atoms with E-state index in [1.165, 1.54) is 168 Å². The lowest BCUT2D eigenvalue weighted by Gasteiger charge is -2.35. The number of fused-ring (bicyclic) bond motifs is 14. The Bertz CT molecular complexity index is 7820. The second-order valence-corrected chi connectivity index (χ2v) is 34.6. The third kappa shape index (κ3) is 11.4. The molecule has 0 spiro atoms. The molecule has 2 aliphatic rings. The molecule has 570 valence electrons. The Labute approximate surface area is 717 Å². The molecule has 24 rings (SSSR count). The summed E-state index contributed by atoms with van der Waals surface area (Å²) in [5.41, 5.74) is 32.0. The summed E-state index contributed by atoms with van der Waals surface area (Å²) in [6.45, 7) is 0. The van der Waals surface area contributed by atoms with Crippen molar-refractivity contribution in [3.8, 4) is 77.9 Å². The van der Waals surface area contributed by atoms with Crippen LogP contribution in [0.1, 0.15) is 44.5 Å². The number of nitrogens with zero attached hydrogens (tertiary/aromatic N) is 2. The molecular formula is C118H76N2S2. The molecule has 20 aromatic carbocycles. The van der Waals surface area contributed by atoms with Crippen LogP contribution in [0.15, 0.2) is 461 Å². The van der Waals surface area contributed by atoms with Crippen LogP contribution in [0.4, 0.5) is 34.1 Å². The second kappa shape index (κ2) is 28.9. The second-order valence-electron chi connectivity index (χ2n) is 32.5. The molecule has 22 aromatic rings. The predicted molar refractivity (Wildman–Crippen MR) is 518 cm³/mol. The quantitative estimate of drug-likeness (QED) is 0.101. The predicted octanol–water partition coefficient (Wildman–Crippen LogP) is 32.7. The van der Waals surface area contributed by atoms with Crippen LogP contribution >= 0.6 is 22.7 Å². The van der Waals surface area contributed by atoms with Gasteiger partial charge in [-0.15, -0.1) is 22.7 Å². The van der Waals surface area contributed by atoms with Crippen molar-refractivity contribution in [2.45, 2.75) is 10.8 Å². The minimum atomic E-state index is -0.705. The third-order valence-corrected chi connectivity index (χ3v) is 28.5. The Hall–Kier alpha value is -15.0. The number of rotatable bonds is 15. The van der Waals surface area contributed by atoms with Crippen molar-refractivity contribution in [1.82, 2.24) is 0 Å². The van der Waals surface area contributed by atoms with E-state index >= 15 is 0 Å². The Morgan fingerprint density at radius 2 is 0.500 bits per heavy atom. The first kappa shape index (κ1) is 71.1. The lowest BCUT2D eigenvalue weighted by molar-refractivity contribution is 0.768. The molecule has 122 heavy (non-hydrogen) atoms. The fourth-order valence-corrected chi connectivity index (χ4v) is 23.0. The monoisotopic (exact) mass is 1580 g/mol. The summed E-state index contributed by atoms with van der Waals surface area (Å²) in [5.74, 6) is 0. The Balaban J connectivity index is 0.605. The molecule has 1 atom stereocenters. The highest BCUT2D eigenvalue weighted by atomic mass is 32.1. The van der Waals surface area contributed by atoms with Gasteiger partial charge in [-0.3, -0.25) is 0 Å². The lowest BCUT2D eigenvalue weighted by atomic mass is 9.67. The first-order valence-electron chi connectivity index (χ1n) is 42.1. The van der Waals surface area contributed by atoms with Crippen molar-refractivity contribution >= 4 is 119 Å². The fraction of sp³-hybridized carbons (Fsp3) is 0.0169. The standard InChI is InChI=1S/C118H76N2S2/c1-4-28-87(29-5-1)117(88-30-6-2-7-31-88)109-44-16-12-35-101(109)103-70-67-95(75-111(103)117)120(94-65-56-81(57-66-94)100-41-23-43-108-106-38-15-19-47-114(106)122-116(100)108)92-61-52-79(53-62-92)97-39-21-27-86-73-85(58-69-98(86)97)83-26-20-34-90(74-83)118(89-32-8-3-9-33-89)110-45-17-13-36-102(110)104-71-68-96(76-112(104)118)119(91-59-50-78(51-60-91)84-49-48-77-24-10-11-25-82(77)72-84)93-63-54-80(55-64-93)99-40-22-42-107-105-37-14-18-46-113(105)121-115(99)107/h1-76H. The van der Waals surface area contributed by atoms with Gasteiger partial charge in [-0.05, 0) is 247 Å². The molecule has 0 saturated heterocycles. The van der Waals surface area contributed by atoms with Crippen LogP contribution in [0, 0.1) is 0 Å². The van der Waals surface area contributed by atoms with E-state index in [4.69, 9.17) is 0 Å². The van der Waals surface area contributed by atoms with Crippen molar-refractivity contribution in [1.29, 1.82) is 0 Å². The highest BCUT2D eigenvalue weighted by Crippen LogP contribution is 2.60. The lowest BCUT2D eigenvalue weighted by Crippen LogP contribution is -2.29. The van der Waals surface area contributed by atoms with Crippen LogP contribution < -0.4 is 9.80 Å². The van der Waals surface area contributed by atoms with Gasteiger partial charge in [0.2, 0.25) is 0 Å². The molecule has 0 N–H and O–H groups in total. The molecule has 2 heterocycles. The highest BCUT2D eigenvalue weighted by Gasteiger charge is 2.48. The molecule has 0 fully saturated rings. The topological polar surface area (TPSA) is 6.48 Å². The number of hydrogen-bond donors (Lipinski definition) is 0. The fourth-order valence-electron chi connectivity index (χ4n) is 20.5. The zero-order valence-corrected chi connectivity index (χ0v) is 68.2. The number of hydrogen-bond acceptors (Lipinski definition) is 4. The number of thiophene rings is 2. The summed E-state index contributed by atoms with van der Waals surface area (Å²) in [4.78, 5) is 4.92. The van der Waals surface area contributed by atoms with Gasteiger partial charge in [-0.1, -0.05) is 358 Å². The molecule has 0 bridgehead atoms. The van der Waals surface area contributed by atoms with Crippen LogP contribution in [0.2, 0.25) is 0 Å². The number of anilines is 6. The molecule has 2 aliphatic carbocycles. The summed E-state index contributed by atoms with van der Waals surface area (Å²) < 4.78 is 5.23. The maximum Gasteiger partial charge on any atom is 0.0714 e. The SMILES string of the molecule is c1ccc(C2(c3ccccc3)c3ccccc3-c3ccc(N(c4ccc(-c5cccc6cc(-c7cccc(C8(c9ccccc9)c9ccccc9-c9ccc(N(c%10ccc(-c%11ccc%12ccccc%12c%11)cc%10)c%10ccc(-c%11cccc%12c%11sc%11ccccc%11%12)cc%10)cc98)c7)ccc56)cc4)c4ccc(-c5cccc6c5sc5ccccc56)cc4)cc32)cc1. The van der Waals surface area contributed by atoms with E-state index in [0.29, 0.717) is 0 Å².